The topological polar surface area (TPSA) is 46.2 Å². The average molecular weight is 239 g/mol. The quantitative estimate of drug-likeness (QED) is 0.613. The first kappa shape index (κ1) is 14.3. The van der Waals surface area contributed by atoms with Crippen molar-refractivity contribution in [2.45, 2.75) is 19.8 Å². The Morgan fingerprint density at radius 2 is 1.86 bits per heavy atom. The van der Waals surface area contributed by atoms with Crippen LogP contribution in [0.25, 0.3) is 0 Å². The van der Waals surface area contributed by atoms with E-state index in [1.807, 2.05) is 11.8 Å². The number of hydrogen-bond acceptors (Lipinski definition) is 4. The first-order chi connectivity index (χ1) is 6.56. The van der Waals surface area contributed by atoms with Crippen LogP contribution in [0.1, 0.15) is 19.8 Å². The minimum Gasteiger partial charge on any atom is -0.317 e. The van der Waals surface area contributed by atoms with Crippen molar-refractivity contribution >= 4 is 21.6 Å². The van der Waals surface area contributed by atoms with Crippen molar-refractivity contribution in [3.05, 3.63) is 0 Å². The molecule has 0 aliphatic heterocycles. The highest BCUT2D eigenvalue weighted by molar-refractivity contribution is 7.99. The van der Waals surface area contributed by atoms with E-state index in [-0.39, 0.29) is 0 Å². The van der Waals surface area contributed by atoms with Gasteiger partial charge in [-0.15, -0.1) is 0 Å². The summed E-state index contributed by atoms with van der Waals surface area (Å²) < 4.78 is 21.5. The highest BCUT2D eigenvalue weighted by Crippen LogP contribution is 1.99. The van der Waals surface area contributed by atoms with Gasteiger partial charge >= 0.3 is 0 Å². The predicted octanol–water partition coefficient (Wildman–Crippen LogP) is 1.15. The fraction of sp³-hybridized carbons (Fsp3) is 1.00. The Bertz CT molecular complexity index is 215. The van der Waals surface area contributed by atoms with E-state index in [4.69, 9.17) is 0 Å². The standard InChI is InChI=1S/C9H21NO2S2/c1-3-13-8-4-6-10-7-5-9-14(2,11)12/h10H,3-9H2,1-2H3. The molecule has 0 fully saturated rings. The zero-order chi connectivity index (χ0) is 10.9. The lowest BCUT2D eigenvalue weighted by Crippen LogP contribution is -2.19. The maximum absolute atomic E-state index is 10.8. The van der Waals surface area contributed by atoms with Crippen molar-refractivity contribution in [3.8, 4) is 0 Å². The molecule has 0 aromatic rings. The molecule has 0 saturated heterocycles. The largest absolute Gasteiger partial charge is 0.317 e. The molecule has 5 heteroatoms. The molecule has 0 aliphatic rings. The second-order valence-corrected chi connectivity index (χ2v) is 6.94. The summed E-state index contributed by atoms with van der Waals surface area (Å²) >= 11 is 1.94. The Hall–Kier alpha value is 0.260. The third-order valence-electron chi connectivity index (χ3n) is 1.72. The molecule has 0 unspecified atom stereocenters. The summed E-state index contributed by atoms with van der Waals surface area (Å²) in [5, 5.41) is 3.24. The van der Waals surface area contributed by atoms with Crippen LogP contribution in [0.2, 0.25) is 0 Å². The number of nitrogens with one attached hydrogen (secondary N) is 1. The Morgan fingerprint density at radius 1 is 1.21 bits per heavy atom. The fourth-order valence-corrected chi connectivity index (χ4v) is 2.33. The third-order valence-corrected chi connectivity index (χ3v) is 3.73. The first-order valence-corrected chi connectivity index (χ1v) is 8.24. The third kappa shape index (κ3) is 12.3. The van der Waals surface area contributed by atoms with E-state index in [1.54, 1.807) is 0 Å². The summed E-state index contributed by atoms with van der Waals surface area (Å²) in [7, 11) is -2.77. The summed E-state index contributed by atoms with van der Waals surface area (Å²) in [6.45, 7) is 3.96. The minimum atomic E-state index is -2.77. The molecule has 0 heterocycles. The maximum Gasteiger partial charge on any atom is 0.147 e. The molecule has 0 saturated carbocycles. The van der Waals surface area contributed by atoms with Crippen LogP contribution in [0.5, 0.6) is 0 Å². The molecule has 1 N–H and O–H groups in total. The van der Waals surface area contributed by atoms with Crippen molar-refractivity contribution in [2.75, 3.05) is 36.6 Å². The summed E-state index contributed by atoms with van der Waals surface area (Å²) in [5.74, 6) is 2.66. The van der Waals surface area contributed by atoms with Crippen LogP contribution in [0, 0.1) is 0 Å². The highest BCUT2D eigenvalue weighted by Gasteiger charge is 1.99. The molecule has 0 aromatic heterocycles. The summed E-state index contributed by atoms with van der Waals surface area (Å²) in [6.07, 6.45) is 3.17. The van der Waals surface area contributed by atoms with Gasteiger partial charge in [-0.05, 0) is 37.4 Å². The minimum absolute atomic E-state index is 0.295. The molecule has 0 spiro atoms. The van der Waals surface area contributed by atoms with E-state index in [0.29, 0.717) is 5.75 Å². The van der Waals surface area contributed by atoms with Crippen molar-refractivity contribution in [3.63, 3.8) is 0 Å². The zero-order valence-electron chi connectivity index (χ0n) is 9.08. The second kappa shape index (κ2) is 8.56. The van der Waals surface area contributed by atoms with E-state index in [9.17, 15) is 8.42 Å². The van der Waals surface area contributed by atoms with Crippen LogP contribution < -0.4 is 5.32 Å². The summed E-state index contributed by atoms with van der Waals surface area (Å²) in [4.78, 5) is 0. The van der Waals surface area contributed by atoms with Gasteiger partial charge in [0.25, 0.3) is 0 Å². The summed E-state index contributed by atoms with van der Waals surface area (Å²) in [5.41, 5.74) is 0. The number of rotatable bonds is 9. The van der Waals surface area contributed by atoms with Gasteiger partial charge in [-0.2, -0.15) is 11.8 Å². The lowest BCUT2D eigenvalue weighted by Gasteiger charge is -2.03. The predicted molar refractivity (Wildman–Crippen MR) is 64.8 cm³/mol. The number of thioether (sulfide) groups is 1. The fourth-order valence-electron chi connectivity index (χ4n) is 1.03. The van der Waals surface area contributed by atoms with Crippen molar-refractivity contribution in [1.29, 1.82) is 0 Å². The SMILES string of the molecule is CCSCCCNCCCS(C)(=O)=O. The molecule has 0 aromatic carbocycles. The van der Waals surface area contributed by atoms with Crippen LogP contribution in [0.3, 0.4) is 0 Å². The smallest absolute Gasteiger partial charge is 0.147 e. The second-order valence-electron chi connectivity index (χ2n) is 3.28. The Morgan fingerprint density at radius 3 is 2.43 bits per heavy atom. The molecular formula is C9H21NO2S2. The van der Waals surface area contributed by atoms with Crippen molar-refractivity contribution in [2.24, 2.45) is 0 Å². The average Bonchev–Trinajstić information content (AvgIpc) is 2.08. The maximum atomic E-state index is 10.8. The van der Waals surface area contributed by atoms with E-state index < -0.39 is 9.84 Å². The van der Waals surface area contributed by atoms with Gasteiger partial charge in [-0.1, -0.05) is 6.92 Å². The lowest BCUT2D eigenvalue weighted by molar-refractivity contribution is 0.594. The van der Waals surface area contributed by atoms with E-state index in [2.05, 4.69) is 12.2 Å². The summed E-state index contributed by atoms with van der Waals surface area (Å²) in [6, 6.07) is 0. The number of sulfone groups is 1. The van der Waals surface area contributed by atoms with Crippen LogP contribution >= 0.6 is 11.8 Å². The van der Waals surface area contributed by atoms with Crippen LogP contribution in [0.4, 0.5) is 0 Å². The monoisotopic (exact) mass is 239 g/mol. The van der Waals surface area contributed by atoms with Crippen molar-refractivity contribution in [1.82, 2.24) is 5.32 Å². The van der Waals surface area contributed by atoms with Crippen LogP contribution in [-0.2, 0) is 9.84 Å². The normalized spacial score (nSPS) is 11.9. The van der Waals surface area contributed by atoms with E-state index in [1.165, 1.54) is 17.8 Å². The van der Waals surface area contributed by atoms with Gasteiger partial charge in [-0.3, -0.25) is 0 Å². The van der Waals surface area contributed by atoms with E-state index in [0.717, 1.165) is 25.9 Å². The van der Waals surface area contributed by atoms with Crippen LogP contribution in [0.15, 0.2) is 0 Å². The van der Waals surface area contributed by atoms with Gasteiger partial charge in [0.1, 0.15) is 9.84 Å². The number of hydrogen-bond donors (Lipinski definition) is 1. The van der Waals surface area contributed by atoms with Gasteiger partial charge in [0, 0.05) is 6.26 Å². The van der Waals surface area contributed by atoms with Crippen molar-refractivity contribution < 1.29 is 8.42 Å². The molecule has 0 amide bonds. The van der Waals surface area contributed by atoms with Gasteiger partial charge in [0.2, 0.25) is 0 Å². The highest BCUT2D eigenvalue weighted by atomic mass is 32.2. The lowest BCUT2D eigenvalue weighted by atomic mass is 10.4. The van der Waals surface area contributed by atoms with Gasteiger partial charge in [0.15, 0.2) is 0 Å². The van der Waals surface area contributed by atoms with Gasteiger partial charge < -0.3 is 5.32 Å². The Kier molecular flexibility index (Phi) is 8.72. The molecular weight excluding hydrogens is 218 g/mol. The molecule has 0 atom stereocenters. The molecule has 0 aliphatic carbocycles. The Balaban J connectivity index is 3.07. The molecule has 0 rings (SSSR count). The molecule has 0 bridgehead atoms. The van der Waals surface area contributed by atoms with E-state index >= 15 is 0 Å². The van der Waals surface area contributed by atoms with Gasteiger partial charge in [0.05, 0.1) is 5.75 Å². The zero-order valence-corrected chi connectivity index (χ0v) is 10.7. The van der Waals surface area contributed by atoms with Crippen LogP contribution in [-0.4, -0.2) is 45.0 Å². The first-order valence-electron chi connectivity index (χ1n) is 5.02. The molecule has 14 heavy (non-hydrogen) atoms. The molecule has 86 valence electrons. The van der Waals surface area contributed by atoms with Gasteiger partial charge in [-0.25, -0.2) is 8.42 Å². The molecule has 0 radical (unpaired) electrons. The molecule has 3 nitrogen and oxygen atoms in total. The Labute approximate surface area is 92.0 Å².